The van der Waals surface area contributed by atoms with Crippen LogP contribution in [0.1, 0.15) is 23.0 Å². The van der Waals surface area contributed by atoms with Gasteiger partial charge in [-0.25, -0.2) is 0 Å². The minimum Gasteiger partial charge on any atom is -0.450 e. The van der Waals surface area contributed by atoms with Crippen molar-refractivity contribution in [2.45, 2.75) is 6.29 Å². The van der Waals surface area contributed by atoms with E-state index in [9.17, 15) is 10.4 Å². The van der Waals surface area contributed by atoms with Crippen molar-refractivity contribution in [2.24, 2.45) is 10.3 Å². The first-order valence-corrected chi connectivity index (χ1v) is 8.33. The first kappa shape index (κ1) is 16.7. The summed E-state index contributed by atoms with van der Waals surface area (Å²) in [4.78, 5) is 0. The van der Waals surface area contributed by atoms with Gasteiger partial charge in [0.05, 0.1) is 0 Å². The summed E-state index contributed by atoms with van der Waals surface area (Å²) in [5.74, 6) is 0.876. The Bertz CT molecular complexity index is 952. The Balaban J connectivity index is 1.96. The molecule has 0 saturated heterocycles. The molecule has 0 aliphatic carbocycles. The molecule has 1 heterocycles. The molecule has 27 heavy (non-hydrogen) atoms. The Hall–Kier alpha value is -3.80. The zero-order chi connectivity index (χ0) is 18.6. The number of fused-ring (bicyclic) bond motifs is 2. The average Bonchev–Trinajstić information content (AvgIpc) is 2.78. The lowest BCUT2D eigenvalue weighted by atomic mass is 9.98. The van der Waals surface area contributed by atoms with Gasteiger partial charge in [0.2, 0.25) is 0 Å². The zero-order valence-electron chi connectivity index (χ0n) is 14.2. The minimum atomic E-state index is -0.744. The quantitative estimate of drug-likeness (QED) is 0.503. The third kappa shape index (κ3) is 3.08. The van der Waals surface area contributed by atoms with E-state index in [1.54, 1.807) is 48.5 Å². The van der Waals surface area contributed by atoms with Gasteiger partial charge in [-0.2, -0.15) is 0 Å². The normalized spacial score (nSPS) is 19.0. The highest BCUT2D eigenvalue weighted by Gasteiger charge is 2.28. The van der Waals surface area contributed by atoms with E-state index < -0.39 is 6.29 Å². The van der Waals surface area contributed by atoms with Crippen molar-refractivity contribution in [1.29, 1.82) is 0 Å². The predicted octanol–water partition coefficient (Wildman–Crippen LogP) is 4.21. The monoisotopic (exact) mass is 360 g/mol. The van der Waals surface area contributed by atoms with Gasteiger partial charge in [0.1, 0.15) is 22.9 Å². The number of benzene rings is 3. The summed E-state index contributed by atoms with van der Waals surface area (Å²) < 4.78 is 12.3. The first-order valence-electron chi connectivity index (χ1n) is 8.33. The number of para-hydroxylation sites is 2. The molecule has 1 atom stereocenters. The highest BCUT2D eigenvalue weighted by Crippen LogP contribution is 2.33. The first-order chi connectivity index (χ1) is 13.3. The van der Waals surface area contributed by atoms with E-state index in [1.165, 1.54) is 0 Å². The van der Waals surface area contributed by atoms with Gasteiger partial charge < -0.3 is 19.9 Å². The Morgan fingerprint density at radius 2 is 1.04 bits per heavy atom. The molecule has 0 saturated carbocycles. The van der Waals surface area contributed by atoms with Gasteiger partial charge in [-0.15, -0.1) is 0 Å². The third-order valence-corrected chi connectivity index (χ3v) is 4.25. The summed E-state index contributed by atoms with van der Waals surface area (Å²) >= 11 is 0. The second-order valence-corrected chi connectivity index (χ2v) is 5.87. The van der Waals surface area contributed by atoms with Crippen LogP contribution in [0.4, 0.5) is 0 Å². The summed E-state index contributed by atoms with van der Waals surface area (Å²) in [6.45, 7) is 0. The lowest BCUT2D eigenvalue weighted by Gasteiger charge is -2.21. The van der Waals surface area contributed by atoms with Crippen LogP contribution in [0.5, 0.6) is 11.5 Å². The summed E-state index contributed by atoms with van der Waals surface area (Å²) in [6, 6.07) is 23.6. The average molecular weight is 360 g/mol. The van der Waals surface area contributed by atoms with Crippen molar-refractivity contribution < 1.29 is 19.9 Å². The van der Waals surface area contributed by atoms with Crippen molar-refractivity contribution in [1.82, 2.24) is 0 Å². The summed E-state index contributed by atoms with van der Waals surface area (Å²) in [6.07, 6.45) is -0.744. The molecule has 4 rings (SSSR count). The fraction of sp³-hybridized carbons (Fsp3) is 0.0476. The van der Waals surface area contributed by atoms with Crippen molar-refractivity contribution in [3.8, 4) is 11.5 Å². The van der Waals surface area contributed by atoms with Crippen molar-refractivity contribution >= 4 is 11.4 Å². The topological polar surface area (TPSA) is 83.6 Å². The summed E-state index contributed by atoms with van der Waals surface area (Å²) in [5.41, 5.74) is 1.94. The van der Waals surface area contributed by atoms with E-state index in [2.05, 4.69) is 10.3 Å². The molecule has 1 unspecified atom stereocenters. The van der Waals surface area contributed by atoms with Gasteiger partial charge in [-0.3, -0.25) is 0 Å². The van der Waals surface area contributed by atoms with Crippen LogP contribution in [-0.4, -0.2) is 21.8 Å². The van der Waals surface area contributed by atoms with E-state index in [0.29, 0.717) is 22.6 Å². The Morgan fingerprint density at radius 3 is 1.52 bits per heavy atom. The number of hydrogen-bond donors (Lipinski definition) is 2. The SMILES string of the molecule is O/N=C1\C(=N\O)c2ccccc2OC(c2ccccc2)Oc2ccccc21. The van der Waals surface area contributed by atoms with E-state index in [0.717, 1.165) is 5.56 Å². The van der Waals surface area contributed by atoms with E-state index in [4.69, 9.17) is 9.47 Å². The van der Waals surface area contributed by atoms with Gasteiger partial charge in [0.15, 0.2) is 0 Å². The highest BCUT2D eigenvalue weighted by molar-refractivity contribution is 6.54. The predicted molar refractivity (Wildman–Crippen MR) is 100.0 cm³/mol. The van der Waals surface area contributed by atoms with Gasteiger partial charge in [0.25, 0.3) is 6.29 Å². The fourth-order valence-corrected chi connectivity index (χ4v) is 2.99. The molecular formula is C21H16N2O4. The minimum absolute atomic E-state index is 0.0814. The molecule has 1 aliphatic heterocycles. The van der Waals surface area contributed by atoms with Crippen LogP contribution in [0.25, 0.3) is 0 Å². The van der Waals surface area contributed by atoms with E-state index >= 15 is 0 Å². The maximum atomic E-state index is 9.66. The molecular weight excluding hydrogens is 344 g/mol. The molecule has 134 valence electrons. The van der Waals surface area contributed by atoms with Crippen LogP contribution in [0.2, 0.25) is 0 Å². The largest absolute Gasteiger partial charge is 0.450 e. The van der Waals surface area contributed by atoms with Crippen LogP contribution in [0.3, 0.4) is 0 Å². The third-order valence-electron chi connectivity index (χ3n) is 4.25. The molecule has 6 heteroatoms. The fourth-order valence-electron chi connectivity index (χ4n) is 2.99. The molecule has 0 spiro atoms. The molecule has 0 radical (unpaired) electrons. The molecule has 1 aliphatic rings. The Morgan fingerprint density at radius 1 is 0.593 bits per heavy atom. The second kappa shape index (κ2) is 7.21. The maximum absolute atomic E-state index is 9.66. The molecule has 6 nitrogen and oxygen atoms in total. The molecule has 0 bridgehead atoms. The van der Waals surface area contributed by atoms with Crippen molar-refractivity contribution in [2.75, 3.05) is 0 Å². The smallest absolute Gasteiger partial charge is 0.267 e. The van der Waals surface area contributed by atoms with Crippen molar-refractivity contribution in [3.63, 3.8) is 0 Å². The summed E-state index contributed by atoms with van der Waals surface area (Å²) in [7, 11) is 0. The molecule has 3 aromatic carbocycles. The number of nitrogens with zero attached hydrogens (tertiary/aromatic N) is 2. The molecule has 2 N–H and O–H groups in total. The van der Waals surface area contributed by atoms with Crippen LogP contribution < -0.4 is 9.47 Å². The number of rotatable bonds is 1. The van der Waals surface area contributed by atoms with Crippen LogP contribution in [-0.2, 0) is 0 Å². The number of oxime groups is 2. The van der Waals surface area contributed by atoms with E-state index in [1.807, 2.05) is 30.3 Å². The number of hydrogen-bond acceptors (Lipinski definition) is 6. The Labute approximate surface area is 155 Å². The maximum Gasteiger partial charge on any atom is 0.267 e. The van der Waals surface area contributed by atoms with Gasteiger partial charge in [-0.1, -0.05) is 64.9 Å². The number of ether oxygens (including phenoxy) is 2. The summed E-state index contributed by atoms with van der Waals surface area (Å²) in [5, 5.41) is 26.1. The van der Waals surface area contributed by atoms with Crippen LogP contribution in [0.15, 0.2) is 89.2 Å². The molecule has 0 amide bonds. The standard InChI is InChI=1S/C21H16N2O4/c24-22-19-15-10-4-6-12-17(15)26-21(14-8-2-1-3-9-14)27-18-13-7-5-11-16(18)20(19)23-25/h1-13,21,24-25H/b22-19-,23-20+. The van der Waals surface area contributed by atoms with Gasteiger partial charge in [0, 0.05) is 16.7 Å². The lowest BCUT2D eigenvalue weighted by molar-refractivity contribution is 0.00373. The van der Waals surface area contributed by atoms with E-state index in [-0.39, 0.29) is 11.4 Å². The van der Waals surface area contributed by atoms with Crippen LogP contribution in [0, 0.1) is 0 Å². The van der Waals surface area contributed by atoms with Crippen LogP contribution >= 0.6 is 0 Å². The highest BCUT2D eigenvalue weighted by atomic mass is 16.7. The van der Waals surface area contributed by atoms with Crippen molar-refractivity contribution in [3.05, 3.63) is 95.6 Å². The molecule has 3 aromatic rings. The van der Waals surface area contributed by atoms with Gasteiger partial charge >= 0.3 is 0 Å². The second-order valence-electron chi connectivity index (χ2n) is 5.87. The molecule has 0 fully saturated rings. The lowest BCUT2D eigenvalue weighted by Crippen LogP contribution is -2.18. The Kier molecular flexibility index (Phi) is 4.45. The van der Waals surface area contributed by atoms with Gasteiger partial charge in [-0.05, 0) is 24.3 Å². The molecule has 0 aromatic heterocycles. The zero-order valence-corrected chi connectivity index (χ0v) is 14.2.